The highest BCUT2D eigenvalue weighted by molar-refractivity contribution is 7.13. The summed E-state index contributed by atoms with van der Waals surface area (Å²) in [5.74, 6) is -0.166. The van der Waals surface area contributed by atoms with Crippen LogP contribution >= 0.6 is 11.3 Å². The Labute approximate surface area is 351 Å². The Kier molecular flexibility index (Phi) is 13.6. The van der Waals surface area contributed by atoms with E-state index in [1.54, 1.807) is 17.5 Å². The van der Waals surface area contributed by atoms with Gasteiger partial charge in [-0.2, -0.15) is 0 Å². The topological polar surface area (TPSA) is 173 Å². The number of β-amino-alcohol motifs (C(OH)–C–C–N with tert-alkyl or cyclic N) is 1. The first-order valence-corrected chi connectivity index (χ1v) is 21.6. The van der Waals surface area contributed by atoms with E-state index in [0.29, 0.717) is 24.8 Å². The Hall–Kier alpha value is -4.67. The second kappa shape index (κ2) is 18.3. The number of anilines is 1. The lowest BCUT2D eigenvalue weighted by Crippen LogP contribution is -2.58. The molecule has 0 saturated carbocycles. The summed E-state index contributed by atoms with van der Waals surface area (Å²) < 4.78 is 5.54. The number of piperidine rings is 1. The molecule has 4 atom stereocenters. The van der Waals surface area contributed by atoms with Gasteiger partial charge < -0.3 is 35.2 Å². The molecule has 3 aliphatic heterocycles. The zero-order valence-corrected chi connectivity index (χ0v) is 36.6. The van der Waals surface area contributed by atoms with Gasteiger partial charge in [0.25, 0.3) is 5.91 Å². The SMILES string of the molecule is Cc1ncsc1-c1ccc(C(C)NC(=O)[C@@H]2C[C@@H](O)CN2C(=O)C(NC(=O)c2cnc(N3CCN(CC4CCN(C(=O)OC(C)(C)C)CC4)CC3)cn2)C(C)(C)C)cc1. The van der Waals surface area contributed by atoms with Gasteiger partial charge in [-0.25, -0.2) is 19.7 Å². The molecular weight excluding hydrogens is 771 g/mol. The number of hydrogen-bond donors (Lipinski definition) is 3. The van der Waals surface area contributed by atoms with Crippen molar-refractivity contribution in [2.24, 2.45) is 11.3 Å². The number of ether oxygens (including phenoxy) is 1. The van der Waals surface area contributed by atoms with E-state index < -0.39 is 41.0 Å². The predicted molar refractivity (Wildman–Crippen MR) is 227 cm³/mol. The number of nitrogens with one attached hydrogen (secondary N) is 2. The fourth-order valence-electron chi connectivity index (χ4n) is 7.97. The number of aromatic nitrogens is 3. The number of likely N-dealkylation sites (tertiary alicyclic amines) is 2. The zero-order chi connectivity index (χ0) is 42.6. The molecule has 0 aliphatic carbocycles. The molecule has 1 aromatic carbocycles. The number of carbonyl (C=O) groups is 4. The monoisotopic (exact) mass is 831 g/mol. The predicted octanol–water partition coefficient (Wildman–Crippen LogP) is 4.66. The van der Waals surface area contributed by atoms with Crippen LogP contribution in [0.1, 0.15) is 95.5 Å². The summed E-state index contributed by atoms with van der Waals surface area (Å²) in [4.78, 5) is 76.2. The fourth-order valence-corrected chi connectivity index (χ4v) is 8.78. The van der Waals surface area contributed by atoms with Crippen LogP contribution < -0.4 is 15.5 Å². The van der Waals surface area contributed by atoms with Crippen LogP contribution in [0.25, 0.3) is 10.4 Å². The first-order chi connectivity index (χ1) is 27.9. The molecule has 3 N–H and O–H groups in total. The van der Waals surface area contributed by atoms with E-state index in [1.165, 1.54) is 11.1 Å². The van der Waals surface area contributed by atoms with Gasteiger partial charge in [-0.1, -0.05) is 45.0 Å². The highest BCUT2D eigenvalue weighted by Gasteiger charge is 2.45. The Morgan fingerprint density at radius 2 is 1.59 bits per heavy atom. The van der Waals surface area contributed by atoms with Crippen LogP contribution in [0.4, 0.5) is 10.6 Å². The number of aliphatic hydroxyl groups is 1. The Bertz CT molecular complexity index is 1930. The number of carbonyl (C=O) groups excluding carboxylic acids is 4. The second-order valence-electron chi connectivity index (χ2n) is 18.2. The van der Waals surface area contributed by atoms with Crippen molar-refractivity contribution in [1.82, 2.24) is 40.3 Å². The van der Waals surface area contributed by atoms with Crippen molar-refractivity contribution in [3.05, 3.63) is 59.1 Å². The lowest BCUT2D eigenvalue weighted by Gasteiger charge is -2.39. The minimum absolute atomic E-state index is 0.0220. The van der Waals surface area contributed by atoms with E-state index in [0.717, 1.165) is 67.3 Å². The molecule has 3 aliphatic rings. The lowest BCUT2D eigenvalue weighted by atomic mass is 9.85. The van der Waals surface area contributed by atoms with Crippen LogP contribution in [0.2, 0.25) is 0 Å². The number of nitrogens with zero attached hydrogens (tertiary/aromatic N) is 7. The van der Waals surface area contributed by atoms with Crippen LogP contribution in [0.15, 0.2) is 42.2 Å². The maximum Gasteiger partial charge on any atom is 0.410 e. The summed E-state index contributed by atoms with van der Waals surface area (Å²) in [7, 11) is 0. The molecule has 59 heavy (non-hydrogen) atoms. The summed E-state index contributed by atoms with van der Waals surface area (Å²) in [6.45, 7) is 20.7. The Balaban J connectivity index is 1.00. The Morgan fingerprint density at radius 3 is 2.17 bits per heavy atom. The van der Waals surface area contributed by atoms with Gasteiger partial charge >= 0.3 is 6.09 Å². The number of aryl methyl sites for hydroxylation is 1. The first kappa shape index (κ1) is 43.9. The average Bonchev–Trinajstić information content (AvgIpc) is 3.81. The largest absolute Gasteiger partial charge is 0.444 e. The third-order valence-electron chi connectivity index (χ3n) is 11.4. The maximum absolute atomic E-state index is 14.2. The number of rotatable bonds is 10. The number of piperazine rings is 1. The third kappa shape index (κ3) is 11.1. The van der Waals surface area contributed by atoms with Crippen LogP contribution in [-0.2, 0) is 14.3 Å². The van der Waals surface area contributed by atoms with Gasteiger partial charge in [-0.15, -0.1) is 11.3 Å². The zero-order valence-electron chi connectivity index (χ0n) is 35.7. The average molecular weight is 832 g/mol. The Morgan fingerprint density at radius 1 is 0.915 bits per heavy atom. The summed E-state index contributed by atoms with van der Waals surface area (Å²) in [6.07, 6.45) is 3.91. The van der Waals surface area contributed by atoms with Crippen LogP contribution in [0.3, 0.4) is 0 Å². The highest BCUT2D eigenvalue weighted by atomic mass is 32.1. The molecule has 0 bridgehead atoms. The minimum atomic E-state index is -1.00. The van der Waals surface area contributed by atoms with Crippen LogP contribution in [0, 0.1) is 18.3 Å². The van der Waals surface area contributed by atoms with Gasteiger partial charge in [-0.05, 0) is 69.9 Å². The van der Waals surface area contributed by atoms with E-state index >= 15 is 0 Å². The molecule has 15 nitrogen and oxygen atoms in total. The number of benzene rings is 1. The molecule has 2 unspecified atom stereocenters. The summed E-state index contributed by atoms with van der Waals surface area (Å²) in [5, 5.41) is 16.6. The van der Waals surface area contributed by atoms with E-state index in [4.69, 9.17) is 4.74 Å². The molecule has 3 fully saturated rings. The molecule has 0 spiro atoms. The quantitative estimate of drug-likeness (QED) is 0.260. The summed E-state index contributed by atoms with van der Waals surface area (Å²) in [5.41, 5.74) is 3.59. The molecule has 3 aromatic rings. The maximum atomic E-state index is 14.2. The molecule has 2 aromatic heterocycles. The lowest BCUT2D eigenvalue weighted by molar-refractivity contribution is -0.142. The number of amides is 4. The molecule has 320 valence electrons. The van der Waals surface area contributed by atoms with Gasteiger partial charge in [0.2, 0.25) is 11.8 Å². The summed E-state index contributed by atoms with van der Waals surface area (Å²) >= 11 is 1.58. The molecule has 5 heterocycles. The van der Waals surface area contributed by atoms with Crippen molar-refractivity contribution in [1.29, 1.82) is 0 Å². The van der Waals surface area contributed by atoms with Crippen LogP contribution in [0.5, 0.6) is 0 Å². The van der Waals surface area contributed by atoms with Crippen molar-refractivity contribution < 1.29 is 29.0 Å². The third-order valence-corrected chi connectivity index (χ3v) is 12.4. The van der Waals surface area contributed by atoms with Gasteiger partial charge in [0.15, 0.2) is 0 Å². The van der Waals surface area contributed by atoms with E-state index in [2.05, 4.69) is 35.4 Å². The molecule has 6 rings (SSSR count). The van der Waals surface area contributed by atoms with E-state index in [9.17, 15) is 24.3 Å². The number of aliphatic hydroxyl groups excluding tert-OH is 1. The van der Waals surface area contributed by atoms with Gasteiger partial charge in [0.1, 0.15) is 29.2 Å². The van der Waals surface area contributed by atoms with Crippen molar-refractivity contribution in [2.75, 3.05) is 57.3 Å². The van der Waals surface area contributed by atoms with Crippen molar-refractivity contribution in [2.45, 2.75) is 104 Å². The van der Waals surface area contributed by atoms with Gasteiger partial charge in [-0.3, -0.25) is 19.3 Å². The van der Waals surface area contributed by atoms with Crippen molar-refractivity contribution >= 4 is 41.0 Å². The fraction of sp³-hybridized carbons (Fsp3) is 0.605. The van der Waals surface area contributed by atoms with Crippen molar-refractivity contribution in [3.63, 3.8) is 0 Å². The molecular formula is C43H61N9O6S. The van der Waals surface area contributed by atoms with Crippen molar-refractivity contribution in [3.8, 4) is 10.4 Å². The van der Waals surface area contributed by atoms with Crippen LogP contribution in [-0.4, -0.2) is 135 Å². The standard InChI is InChI=1S/C43H61N9O6S/c1-27(30-9-11-31(12-10-30)36-28(2)46-26-59-36)47-39(55)34-21-32(53)25-52(34)40(56)37(42(3,4)5)48-38(54)33-22-45-35(23-44-33)50-19-17-49(18-20-50)24-29-13-15-51(16-14-29)41(57)58-43(6,7)8/h9-12,22-23,26-27,29,32,34,37,53H,13-21,24-25H2,1-8H3,(H,47,55)(H,48,54)/t27?,32-,34+,37?/m1/s1. The van der Waals surface area contributed by atoms with Gasteiger partial charge in [0, 0.05) is 58.8 Å². The first-order valence-electron chi connectivity index (χ1n) is 20.7. The number of hydrogen-bond acceptors (Lipinski definition) is 12. The van der Waals surface area contributed by atoms with E-state index in [-0.39, 0.29) is 36.7 Å². The normalized spacial score (nSPS) is 20.6. The molecule has 3 saturated heterocycles. The molecule has 0 radical (unpaired) electrons. The number of thiazole rings is 1. The molecule has 16 heteroatoms. The van der Waals surface area contributed by atoms with Gasteiger partial charge in [0.05, 0.1) is 40.6 Å². The summed E-state index contributed by atoms with van der Waals surface area (Å²) in [6, 6.07) is 5.69. The second-order valence-corrected chi connectivity index (χ2v) is 19.1. The smallest absolute Gasteiger partial charge is 0.410 e. The highest BCUT2D eigenvalue weighted by Crippen LogP contribution is 2.30. The minimum Gasteiger partial charge on any atom is -0.444 e. The molecule has 4 amide bonds. The van der Waals surface area contributed by atoms with E-state index in [1.807, 2.05) is 90.1 Å².